The van der Waals surface area contributed by atoms with E-state index in [4.69, 9.17) is 32.7 Å². The molecule has 1 aliphatic carbocycles. The van der Waals surface area contributed by atoms with E-state index in [0.29, 0.717) is 24.0 Å². The summed E-state index contributed by atoms with van der Waals surface area (Å²) >= 11 is 12.7. The van der Waals surface area contributed by atoms with Crippen LogP contribution >= 0.6 is 23.2 Å². The number of methoxy groups -OCH3 is 1. The van der Waals surface area contributed by atoms with Gasteiger partial charge in [0.1, 0.15) is 6.61 Å². The van der Waals surface area contributed by atoms with Crippen molar-refractivity contribution in [1.29, 1.82) is 0 Å². The maximum atomic E-state index is 13.9. The molecule has 0 spiro atoms. The summed E-state index contributed by atoms with van der Waals surface area (Å²) in [7, 11) is 1.24. The number of nitrogens with zero attached hydrogens (tertiary/aromatic N) is 2. The van der Waals surface area contributed by atoms with E-state index in [0.717, 1.165) is 18.4 Å². The van der Waals surface area contributed by atoms with E-state index >= 15 is 0 Å². The van der Waals surface area contributed by atoms with Crippen molar-refractivity contribution in [2.75, 3.05) is 18.6 Å². The minimum atomic E-state index is -0.665. The van der Waals surface area contributed by atoms with E-state index in [9.17, 15) is 14.4 Å². The van der Waals surface area contributed by atoms with Crippen molar-refractivity contribution in [3.8, 4) is 0 Å². The summed E-state index contributed by atoms with van der Waals surface area (Å²) in [5.41, 5.74) is 1.75. The Kier molecular flexibility index (Phi) is 8.85. The summed E-state index contributed by atoms with van der Waals surface area (Å²) in [4.78, 5) is 44.3. The average molecular weight is 503 g/mol. The van der Waals surface area contributed by atoms with Gasteiger partial charge in [-0.1, -0.05) is 41.9 Å². The highest BCUT2D eigenvalue weighted by atomic mass is 35.5. The molecule has 1 aromatic heterocycles. The van der Waals surface area contributed by atoms with Gasteiger partial charge in [0, 0.05) is 23.5 Å². The minimum absolute atomic E-state index is 0.0503. The predicted octanol–water partition coefficient (Wildman–Crippen LogP) is 5.31. The lowest BCUT2D eigenvalue weighted by atomic mass is 9.90. The van der Waals surface area contributed by atoms with E-state index in [1.165, 1.54) is 30.2 Å². The topological polar surface area (TPSA) is 85.8 Å². The third-order valence-corrected chi connectivity index (χ3v) is 5.96. The third kappa shape index (κ3) is 5.85. The SMILES string of the molecule is C=CCOC(=O)C1=C(C(=O)N(Cc2cccnc2)c2cc(C(=O)OC)c(Cl)cc2Cl)CCCC1. The number of ether oxygens (including phenoxy) is 2. The lowest BCUT2D eigenvalue weighted by molar-refractivity contribution is -0.138. The van der Waals surface area contributed by atoms with E-state index in [2.05, 4.69) is 11.6 Å². The number of pyridine rings is 1. The molecule has 178 valence electrons. The number of amides is 1. The maximum Gasteiger partial charge on any atom is 0.339 e. The smallest absolute Gasteiger partial charge is 0.339 e. The molecule has 0 saturated carbocycles. The van der Waals surface area contributed by atoms with Crippen LogP contribution in [0.4, 0.5) is 5.69 Å². The number of carbonyl (C=O) groups excluding carboxylic acids is 3. The van der Waals surface area contributed by atoms with E-state index in [1.807, 2.05) is 6.07 Å². The van der Waals surface area contributed by atoms with Crippen LogP contribution in [-0.4, -0.2) is 36.5 Å². The van der Waals surface area contributed by atoms with Gasteiger partial charge in [0.05, 0.1) is 35.0 Å². The second-order valence-corrected chi connectivity index (χ2v) is 8.39. The van der Waals surface area contributed by atoms with Gasteiger partial charge in [0.15, 0.2) is 0 Å². The Morgan fingerprint density at radius 1 is 1.12 bits per heavy atom. The number of hydrogen-bond acceptors (Lipinski definition) is 6. The highest BCUT2D eigenvalue weighted by Gasteiger charge is 2.30. The number of benzene rings is 1. The summed E-state index contributed by atoms with van der Waals surface area (Å²) in [5, 5.41) is 0.266. The summed E-state index contributed by atoms with van der Waals surface area (Å²) in [5.74, 6) is -1.61. The van der Waals surface area contributed by atoms with Gasteiger partial charge in [-0.3, -0.25) is 9.78 Å². The Morgan fingerprint density at radius 3 is 2.50 bits per heavy atom. The lowest BCUT2D eigenvalue weighted by Gasteiger charge is -2.28. The molecular formula is C25H24Cl2N2O5. The largest absolute Gasteiger partial charge is 0.465 e. The monoisotopic (exact) mass is 502 g/mol. The fourth-order valence-corrected chi connectivity index (χ4v) is 4.26. The van der Waals surface area contributed by atoms with Crippen LogP contribution in [0.15, 0.2) is 60.5 Å². The van der Waals surface area contributed by atoms with Gasteiger partial charge in [0.25, 0.3) is 5.91 Å². The number of aromatic nitrogens is 1. The molecule has 0 saturated heterocycles. The van der Waals surface area contributed by atoms with Crippen molar-refractivity contribution >= 4 is 46.7 Å². The average Bonchev–Trinajstić information content (AvgIpc) is 2.86. The van der Waals surface area contributed by atoms with Gasteiger partial charge in [-0.05, 0) is 49.4 Å². The maximum absolute atomic E-state index is 13.9. The zero-order valence-corrected chi connectivity index (χ0v) is 20.2. The molecule has 0 atom stereocenters. The van der Waals surface area contributed by atoms with E-state index in [-0.39, 0.29) is 34.4 Å². The summed E-state index contributed by atoms with van der Waals surface area (Å²) in [6, 6.07) is 6.37. The molecule has 0 unspecified atom stereocenters. The number of halogens is 2. The van der Waals surface area contributed by atoms with Crippen LogP contribution in [-0.2, 0) is 25.6 Å². The molecule has 3 rings (SSSR count). The van der Waals surface area contributed by atoms with Crippen LogP contribution in [0.3, 0.4) is 0 Å². The second-order valence-electron chi connectivity index (χ2n) is 7.58. The number of hydrogen-bond donors (Lipinski definition) is 0. The molecule has 1 heterocycles. The van der Waals surface area contributed by atoms with Gasteiger partial charge in [0.2, 0.25) is 0 Å². The fraction of sp³-hybridized carbons (Fsp3) is 0.280. The number of anilines is 1. The zero-order chi connectivity index (χ0) is 24.7. The number of carbonyl (C=O) groups is 3. The molecule has 0 aliphatic heterocycles. The Hall–Kier alpha value is -3.16. The van der Waals surface area contributed by atoms with Crippen molar-refractivity contribution in [2.24, 2.45) is 0 Å². The van der Waals surface area contributed by atoms with Gasteiger partial charge in [-0.2, -0.15) is 0 Å². The van der Waals surface area contributed by atoms with Crippen molar-refractivity contribution in [3.05, 3.63) is 81.6 Å². The summed E-state index contributed by atoms with van der Waals surface area (Å²) in [6.45, 7) is 3.71. The van der Waals surface area contributed by atoms with Gasteiger partial charge < -0.3 is 14.4 Å². The first-order valence-electron chi connectivity index (χ1n) is 10.7. The Bertz CT molecular complexity index is 1130. The molecule has 0 N–H and O–H groups in total. The first-order chi connectivity index (χ1) is 16.4. The molecule has 1 aromatic carbocycles. The Labute approximate surface area is 208 Å². The Morgan fingerprint density at radius 2 is 1.85 bits per heavy atom. The first kappa shape index (κ1) is 25.5. The van der Waals surface area contributed by atoms with Crippen molar-refractivity contribution < 1.29 is 23.9 Å². The summed E-state index contributed by atoms with van der Waals surface area (Å²) < 4.78 is 10.0. The fourth-order valence-electron chi connectivity index (χ4n) is 3.70. The second kappa shape index (κ2) is 11.8. The normalized spacial score (nSPS) is 13.3. The lowest BCUT2D eigenvalue weighted by Crippen LogP contribution is -2.34. The Balaban J connectivity index is 2.12. The van der Waals surface area contributed by atoms with Crippen LogP contribution < -0.4 is 4.90 Å². The van der Waals surface area contributed by atoms with Crippen molar-refractivity contribution in [2.45, 2.75) is 32.2 Å². The molecule has 0 bridgehead atoms. The first-order valence-corrected chi connectivity index (χ1v) is 11.4. The van der Waals surface area contributed by atoms with E-state index in [1.54, 1.807) is 18.5 Å². The molecular weight excluding hydrogens is 479 g/mol. The highest BCUT2D eigenvalue weighted by Crippen LogP contribution is 2.36. The number of rotatable bonds is 8. The van der Waals surface area contributed by atoms with E-state index < -0.39 is 17.8 Å². The van der Waals surface area contributed by atoms with Crippen LogP contribution in [0.25, 0.3) is 0 Å². The van der Waals surface area contributed by atoms with Gasteiger partial charge >= 0.3 is 11.9 Å². The predicted molar refractivity (Wildman–Crippen MR) is 130 cm³/mol. The van der Waals surface area contributed by atoms with Gasteiger partial charge in [-0.15, -0.1) is 0 Å². The number of esters is 2. The quantitative estimate of drug-likeness (QED) is 0.359. The molecule has 9 heteroatoms. The molecule has 34 heavy (non-hydrogen) atoms. The minimum Gasteiger partial charge on any atom is -0.465 e. The van der Waals surface area contributed by atoms with Crippen molar-refractivity contribution in [3.63, 3.8) is 0 Å². The molecule has 1 aliphatic rings. The zero-order valence-electron chi connectivity index (χ0n) is 18.7. The molecule has 7 nitrogen and oxygen atoms in total. The van der Waals surface area contributed by atoms with Crippen LogP contribution in [0.5, 0.6) is 0 Å². The highest BCUT2D eigenvalue weighted by molar-refractivity contribution is 6.38. The van der Waals surface area contributed by atoms with Gasteiger partial charge in [-0.25, -0.2) is 9.59 Å². The molecule has 0 radical (unpaired) electrons. The van der Waals surface area contributed by atoms with Crippen LogP contribution in [0.2, 0.25) is 10.0 Å². The molecule has 2 aromatic rings. The molecule has 0 fully saturated rings. The van der Waals surface area contributed by atoms with Crippen molar-refractivity contribution in [1.82, 2.24) is 4.98 Å². The standard InChI is InChI=1S/C25H24Cl2N2O5/c1-3-11-34-25(32)18-9-5-4-8-17(18)23(30)29(15-16-7-6-10-28-14-16)22-12-19(24(31)33-2)20(26)13-21(22)27/h3,6-7,10,12-14H,1,4-5,8-9,11,15H2,2H3. The summed E-state index contributed by atoms with van der Waals surface area (Å²) in [6.07, 6.45) is 7.08. The van der Waals surface area contributed by atoms with Crippen LogP contribution in [0, 0.1) is 0 Å². The third-order valence-electron chi connectivity index (χ3n) is 5.35. The van der Waals surface area contributed by atoms with Crippen LogP contribution in [0.1, 0.15) is 41.6 Å². The molecule has 1 amide bonds.